The van der Waals surface area contributed by atoms with Crippen LogP contribution in [0.5, 0.6) is 0 Å². The maximum Gasteiger partial charge on any atom is 0.227 e. The first kappa shape index (κ1) is 11.8. The molecule has 1 heterocycles. The monoisotopic (exact) mass is 208 g/mol. The molecule has 1 aromatic heterocycles. The summed E-state index contributed by atoms with van der Waals surface area (Å²) >= 11 is 0. The maximum absolute atomic E-state index is 4.53. The van der Waals surface area contributed by atoms with Gasteiger partial charge in [-0.3, -0.25) is 0 Å². The van der Waals surface area contributed by atoms with Crippen LogP contribution in [0.3, 0.4) is 0 Å². The third-order valence-corrected chi connectivity index (χ3v) is 2.14. The van der Waals surface area contributed by atoms with Crippen LogP contribution < -0.4 is 10.2 Å². The van der Waals surface area contributed by atoms with Gasteiger partial charge >= 0.3 is 0 Å². The summed E-state index contributed by atoms with van der Waals surface area (Å²) in [7, 11) is 5.76. The Labute approximate surface area is 91.7 Å². The van der Waals surface area contributed by atoms with Crippen molar-refractivity contribution >= 4 is 11.8 Å². The van der Waals surface area contributed by atoms with Gasteiger partial charge in [0.15, 0.2) is 0 Å². The molecule has 0 aromatic carbocycles. The Morgan fingerprint density at radius 3 is 2.20 bits per heavy atom. The summed E-state index contributed by atoms with van der Waals surface area (Å²) in [5, 5.41) is 3.06. The smallest absolute Gasteiger partial charge is 0.227 e. The lowest BCUT2D eigenvalue weighted by Crippen LogP contribution is -2.19. The number of anilines is 2. The molecule has 1 N–H and O–H groups in total. The molecule has 0 amide bonds. The minimum atomic E-state index is 0.0410. The van der Waals surface area contributed by atoms with Crippen LogP contribution in [-0.2, 0) is 5.41 Å². The Morgan fingerprint density at radius 2 is 1.80 bits per heavy atom. The van der Waals surface area contributed by atoms with Crippen LogP contribution in [0.15, 0.2) is 6.07 Å². The van der Waals surface area contributed by atoms with Crippen molar-refractivity contribution in [1.29, 1.82) is 0 Å². The molecule has 0 aliphatic rings. The van der Waals surface area contributed by atoms with E-state index in [1.54, 1.807) is 0 Å². The van der Waals surface area contributed by atoms with Gasteiger partial charge in [-0.25, -0.2) is 4.98 Å². The molecule has 0 spiro atoms. The molecule has 1 rings (SSSR count). The van der Waals surface area contributed by atoms with Crippen LogP contribution in [-0.4, -0.2) is 31.1 Å². The molecule has 0 aliphatic carbocycles. The fourth-order valence-corrected chi connectivity index (χ4v) is 1.15. The number of hydrogen-bond acceptors (Lipinski definition) is 4. The van der Waals surface area contributed by atoms with Crippen molar-refractivity contribution in [3.8, 4) is 0 Å². The van der Waals surface area contributed by atoms with Gasteiger partial charge in [-0.05, 0) is 0 Å². The van der Waals surface area contributed by atoms with E-state index < -0.39 is 0 Å². The van der Waals surface area contributed by atoms with Crippen molar-refractivity contribution < 1.29 is 0 Å². The second-order valence-corrected chi connectivity index (χ2v) is 4.83. The van der Waals surface area contributed by atoms with Gasteiger partial charge in [-0.1, -0.05) is 20.8 Å². The van der Waals surface area contributed by atoms with E-state index in [-0.39, 0.29) is 5.41 Å². The van der Waals surface area contributed by atoms with E-state index in [1.165, 1.54) is 0 Å². The lowest BCUT2D eigenvalue weighted by molar-refractivity contribution is 0.567. The zero-order valence-electron chi connectivity index (χ0n) is 10.4. The lowest BCUT2D eigenvalue weighted by atomic mass is 9.92. The Kier molecular flexibility index (Phi) is 3.17. The number of nitrogens with zero attached hydrogens (tertiary/aromatic N) is 3. The maximum atomic E-state index is 4.53. The molecule has 0 atom stereocenters. The molecule has 4 heteroatoms. The van der Waals surface area contributed by atoms with Crippen molar-refractivity contribution in [3.63, 3.8) is 0 Å². The predicted molar refractivity (Wildman–Crippen MR) is 64.6 cm³/mol. The van der Waals surface area contributed by atoms with Crippen molar-refractivity contribution in [2.45, 2.75) is 26.2 Å². The average Bonchev–Trinajstić information content (AvgIpc) is 2.15. The largest absolute Gasteiger partial charge is 0.373 e. The van der Waals surface area contributed by atoms with Gasteiger partial charge in [0.2, 0.25) is 5.95 Å². The van der Waals surface area contributed by atoms with Gasteiger partial charge in [0.1, 0.15) is 5.82 Å². The highest BCUT2D eigenvalue weighted by Crippen LogP contribution is 2.23. The summed E-state index contributed by atoms with van der Waals surface area (Å²) in [5.41, 5.74) is 1.09. The van der Waals surface area contributed by atoms with Crippen LogP contribution in [0.4, 0.5) is 11.8 Å². The van der Waals surface area contributed by atoms with Crippen molar-refractivity contribution in [2.24, 2.45) is 0 Å². The van der Waals surface area contributed by atoms with Crippen LogP contribution >= 0.6 is 0 Å². The summed E-state index contributed by atoms with van der Waals surface area (Å²) < 4.78 is 0. The quantitative estimate of drug-likeness (QED) is 0.805. The molecule has 0 unspecified atom stereocenters. The molecule has 0 saturated heterocycles. The minimum absolute atomic E-state index is 0.0410. The number of nitrogens with one attached hydrogen (secondary N) is 1. The fourth-order valence-electron chi connectivity index (χ4n) is 1.15. The number of hydrogen-bond donors (Lipinski definition) is 1. The van der Waals surface area contributed by atoms with E-state index in [0.29, 0.717) is 0 Å². The lowest BCUT2D eigenvalue weighted by Gasteiger charge is -2.21. The second kappa shape index (κ2) is 4.04. The molecule has 84 valence electrons. The number of rotatable bonds is 2. The molecule has 15 heavy (non-hydrogen) atoms. The van der Waals surface area contributed by atoms with Crippen LogP contribution in [0, 0.1) is 0 Å². The Hall–Kier alpha value is -1.32. The first-order valence-corrected chi connectivity index (χ1v) is 5.09. The molecule has 1 aromatic rings. The topological polar surface area (TPSA) is 41.1 Å². The van der Waals surface area contributed by atoms with E-state index in [1.807, 2.05) is 32.1 Å². The standard InChI is InChI=1S/C11H20N4/c1-11(2,3)8-7-9(12-4)14-10(13-8)15(5)6/h7H,1-6H3,(H,12,13,14). The molecule has 0 radical (unpaired) electrons. The van der Waals surface area contributed by atoms with Crippen molar-refractivity contribution in [3.05, 3.63) is 11.8 Å². The third-order valence-electron chi connectivity index (χ3n) is 2.14. The van der Waals surface area contributed by atoms with E-state index in [9.17, 15) is 0 Å². The van der Waals surface area contributed by atoms with E-state index in [2.05, 4.69) is 36.1 Å². The highest BCUT2D eigenvalue weighted by molar-refractivity contribution is 5.44. The van der Waals surface area contributed by atoms with E-state index in [0.717, 1.165) is 17.5 Å². The highest BCUT2D eigenvalue weighted by Gasteiger charge is 2.18. The van der Waals surface area contributed by atoms with Crippen molar-refractivity contribution in [2.75, 3.05) is 31.4 Å². The Morgan fingerprint density at radius 1 is 1.20 bits per heavy atom. The number of aromatic nitrogens is 2. The van der Waals surface area contributed by atoms with Gasteiger partial charge in [0.05, 0.1) is 5.69 Å². The summed E-state index contributed by atoms with van der Waals surface area (Å²) in [6.45, 7) is 6.44. The van der Waals surface area contributed by atoms with Gasteiger partial charge in [-0.15, -0.1) is 0 Å². The molecule has 4 nitrogen and oxygen atoms in total. The van der Waals surface area contributed by atoms with Crippen LogP contribution in [0.25, 0.3) is 0 Å². The fraction of sp³-hybridized carbons (Fsp3) is 0.636. The highest BCUT2D eigenvalue weighted by atomic mass is 15.2. The predicted octanol–water partition coefficient (Wildman–Crippen LogP) is 1.88. The zero-order valence-corrected chi connectivity index (χ0v) is 10.4. The summed E-state index contributed by atoms with van der Waals surface area (Å²) in [5.74, 6) is 1.60. The molecular weight excluding hydrogens is 188 g/mol. The van der Waals surface area contributed by atoms with Gasteiger partial charge in [0.25, 0.3) is 0 Å². The Bertz CT molecular complexity index is 339. The average molecular weight is 208 g/mol. The third kappa shape index (κ3) is 2.81. The summed E-state index contributed by atoms with van der Waals surface area (Å²) in [6, 6.07) is 1.99. The molecule has 0 aliphatic heterocycles. The van der Waals surface area contributed by atoms with Crippen molar-refractivity contribution in [1.82, 2.24) is 9.97 Å². The first-order chi connectivity index (χ1) is 6.84. The molecular formula is C11H20N4. The van der Waals surface area contributed by atoms with E-state index in [4.69, 9.17) is 0 Å². The summed E-state index contributed by atoms with van der Waals surface area (Å²) in [6.07, 6.45) is 0. The normalized spacial score (nSPS) is 11.3. The molecule has 0 fully saturated rings. The van der Waals surface area contributed by atoms with Gasteiger partial charge < -0.3 is 10.2 Å². The van der Waals surface area contributed by atoms with Gasteiger partial charge in [0, 0.05) is 32.6 Å². The SMILES string of the molecule is CNc1cc(C(C)(C)C)nc(N(C)C)n1. The zero-order chi connectivity index (χ0) is 11.6. The van der Waals surface area contributed by atoms with Crippen LogP contribution in [0.1, 0.15) is 26.5 Å². The van der Waals surface area contributed by atoms with Crippen LogP contribution in [0.2, 0.25) is 0 Å². The first-order valence-electron chi connectivity index (χ1n) is 5.09. The Balaban J connectivity index is 3.23. The second-order valence-electron chi connectivity index (χ2n) is 4.83. The molecule has 0 bridgehead atoms. The van der Waals surface area contributed by atoms with E-state index >= 15 is 0 Å². The van der Waals surface area contributed by atoms with Gasteiger partial charge in [-0.2, -0.15) is 4.98 Å². The minimum Gasteiger partial charge on any atom is -0.373 e. The summed E-state index contributed by atoms with van der Waals surface area (Å²) in [4.78, 5) is 10.8. The molecule has 0 saturated carbocycles.